The van der Waals surface area contributed by atoms with E-state index in [1.165, 1.54) is 16.7 Å². The average Bonchev–Trinajstić information content (AvgIpc) is 2.80. The highest BCUT2D eigenvalue weighted by Gasteiger charge is 2.39. The van der Waals surface area contributed by atoms with Gasteiger partial charge in [0.05, 0.1) is 12.4 Å². The molecule has 0 aliphatic carbocycles. The number of aromatic nitrogens is 2. The Kier molecular flexibility index (Phi) is 3.39. The summed E-state index contributed by atoms with van der Waals surface area (Å²) in [7, 11) is -3.62. The molecule has 9 heteroatoms. The largest absolute Gasteiger partial charge is 0.337 e. The van der Waals surface area contributed by atoms with E-state index in [0.29, 0.717) is 32.5 Å². The molecule has 0 saturated carbocycles. The summed E-state index contributed by atoms with van der Waals surface area (Å²) in [6.45, 7) is 1.07. The molecule has 1 amide bonds. The minimum Gasteiger partial charge on any atom is -0.337 e. The van der Waals surface area contributed by atoms with Gasteiger partial charge in [-0.1, -0.05) is 0 Å². The molecule has 0 radical (unpaired) electrons. The lowest BCUT2D eigenvalue weighted by atomic mass is 10.2. The number of sulfonamides is 1. The zero-order valence-electron chi connectivity index (χ0n) is 10.6. The molecular formula is C11H13ClN4O3S. The first-order chi connectivity index (χ1) is 9.48. The number of hydrogen-bond donors (Lipinski definition) is 0. The van der Waals surface area contributed by atoms with Crippen LogP contribution >= 0.6 is 11.6 Å². The molecule has 3 rings (SSSR count). The Morgan fingerprint density at radius 3 is 2.65 bits per heavy atom. The minimum atomic E-state index is -3.62. The van der Waals surface area contributed by atoms with Gasteiger partial charge in [-0.05, 0) is 18.0 Å². The Balaban J connectivity index is 1.82. The average molecular weight is 317 g/mol. The molecule has 20 heavy (non-hydrogen) atoms. The van der Waals surface area contributed by atoms with E-state index in [1.54, 1.807) is 4.90 Å². The highest BCUT2D eigenvalue weighted by Crippen LogP contribution is 2.26. The third kappa shape index (κ3) is 2.27. The summed E-state index contributed by atoms with van der Waals surface area (Å²) in [6, 6.07) is -0.0146. The maximum absolute atomic E-state index is 12.5. The molecule has 108 valence electrons. The minimum absolute atomic E-state index is 0.00941. The van der Waals surface area contributed by atoms with Crippen LogP contribution < -0.4 is 0 Å². The Labute approximate surface area is 121 Å². The second-order valence-corrected chi connectivity index (χ2v) is 7.11. The van der Waals surface area contributed by atoms with Crippen LogP contribution in [0.4, 0.5) is 0 Å². The molecular weight excluding hydrogens is 304 g/mol. The van der Waals surface area contributed by atoms with Crippen LogP contribution in [0.1, 0.15) is 12.8 Å². The van der Waals surface area contributed by atoms with E-state index >= 15 is 0 Å². The number of amides is 1. The second kappa shape index (κ2) is 4.94. The molecule has 0 aromatic carbocycles. The maximum atomic E-state index is 12.5. The Morgan fingerprint density at radius 1 is 1.25 bits per heavy atom. The molecule has 3 heterocycles. The fourth-order valence-electron chi connectivity index (χ4n) is 2.64. The SMILES string of the molecule is O=C1CCC2CN(S(=O)(=O)c3cnc(Cl)nc3)CCN12. The molecule has 0 bridgehead atoms. The van der Waals surface area contributed by atoms with E-state index in [2.05, 4.69) is 9.97 Å². The predicted octanol–water partition coefficient (Wildman–Crippen LogP) is 0.125. The summed E-state index contributed by atoms with van der Waals surface area (Å²) >= 11 is 5.56. The second-order valence-electron chi connectivity index (χ2n) is 4.83. The van der Waals surface area contributed by atoms with E-state index < -0.39 is 10.0 Å². The third-order valence-corrected chi connectivity index (χ3v) is 5.70. The fourth-order valence-corrected chi connectivity index (χ4v) is 4.09. The molecule has 2 aliphatic rings. The van der Waals surface area contributed by atoms with Gasteiger partial charge in [-0.3, -0.25) is 4.79 Å². The highest BCUT2D eigenvalue weighted by atomic mass is 35.5. The summed E-state index contributed by atoms with van der Waals surface area (Å²) < 4.78 is 26.3. The van der Waals surface area contributed by atoms with Gasteiger partial charge in [0.15, 0.2) is 0 Å². The number of carbonyl (C=O) groups excluding carboxylic acids is 1. The van der Waals surface area contributed by atoms with Crippen molar-refractivity contribution in [2.75, 3.05) is 19.6 Å². The topological polar surface area (TPSA) is 83.5 Å². The van der Waals surface area contributed by atoms with Gasteiger partial charge in [0.1, 0.15) is 4.90 Å². The van der Waals surface area contributed by atoms with E-state index in [-0.39, 0.29) is 22.1 Å². The molecule has 2 aliphatic heterocycles. The first-order valence-electron chi connectivity index (χ1n) is 6.25. The van der Waals surface area contributed by atoms with Crippen molar-refractivity contribution in [1.82, 2.24) is 19.2 Å². The van der Waals surface area contributed by atoms with E-state index in [9.17, 15) is 13.2 Å². The number of fused-ring (bicyclic) bond motifs is 1. The Hall–Kier alpha value is -1.25. The van der Waals surface area contributed by atoms with Crippen molar-refractivity contribution in [2.24, 2.45) is 0 Å². The summed E-state index contributed by atoms with van der Waals surface area (Å²) in [6.07, 6.45) is 3.62. The normalized spacial score (nSPS) is 23.9. The lowest BCUT2D eigenvalue weighted by Crippen LogP contribution is -2.53. The standard InChI is InChI=1S/C11H13ClN4O3S/c12-11-13-5-9(6-14-11)20(18,19)15-3-4-16-8(7-15)1-2-10(16)17/h5-6,8H,1-4,7H2. The quantitative estimate of drug-likeness (QED) is 0.724. The van der Waals surface area contributed by atoms with Gasteiger partial charge in [-0.25, -0.2) is 18.4 Å². The van der Waals surface area contributed by atoms with Crippen LogP contribution in [-0.4, -0.2) is 59.2 Å². The fraction of sp³-hybridized carbons (Fsp3) is 0.545. The lowest BCUT2D eigenvalue weighted by Gasteiger charge is -2.36. The zero-order chi connectivity index (χ0) is 14.3. The number of nitrogens with zero attached hydrogens (tertiary/aromatic N) is 4. The van der Waals surface area contributed by atoms with Gasteiger partial charge in [0.2, 0.25) is 21.2 Å². The van der Waals surface area contributed by atoms with E-state index in [4.69, 9.17) is 11.6 Å². The number of rotatable bonds is 2. The van der Waals surface area contributed by atoms with Crippen molar-refractivity contribution in [2.45, 2.75) is 23.8 Å². The predicted molar refractivity (Wildman–Crippen MR) is 70.5 cm³/mol. The molecule has 0 N–H and O–H groups in total. The molecule has 0 spiro atoms. The maximum Gasteiger partial charge on any atom is 0.246 e. The van der Waals surface area contributed by atoms with Crippen LogP contribution in [0, 0.1) is 0 Å². The van der Waals surface area contributed by atoms with Crippen LogP contribution in [0.15, 0.2) is 17.3 Å². The van der Waals surface area contributed by atoms with E-state index in [1.807, 2.05) is 0 Å². The first-order valence-corrected chi connectivity index (χ1v) is 8.07. The van der Waals surface area contributed by atoms with Gasteiger partial charge in [0.25, 0.3) is 0 Å². The summed E-state index contributed by atoms with van der Waals surface area (Å²) in [5, 5.41) is 0.00941. The van der Waals surface area contributed by atoms with Gasteiger partial charge in [-0.2, -0.15) is 4.31 Å². The van der Waals surface area contributed by atoms with Crippen LogP contribution in [-0.2, 0) is 14.8 Å². The van der Waals surface area contributed by atoms with Gasteiger partial charge < -0.3 is 4.90 Å². The monoisotopic (exact) mass is 316 g/mol. The van der Waals surface area contributed by atoms with Crippen molar-refractivity contribution in [3.05, 3.63) is 17.7 Å². The van der Waals surface area contributed by atoms with Gasteiger partial charge >= 0.3 is 0 Å². The molecule has 2 saturated heterocycles. The van der Waals surface area contributed by atoms with Crippen molar-refractivity contribution in [3.8, 4) is 0 Å². The molecule has 7 nitrogen and oxygen atoms in total. The highest BCUT2D eigenvalue weighted by molar-refractivity contribution is 7.89. The molecule has 1 aromatic heterocycles. The zero-order valence-corrected chi connectivity index (χ0v) is 12.1. The molecule has 1 aromatic rings. The summed E-state index contributed by atoms with van der Waals surface area (Å²) in [5.74, 6) is 0.113. The van der Waals surface area contributed by atoms with Gasteiger partial charge in [-0.15, -0.1) is 0 Å². The Bertz CT molecular complexity index is 634. The van der Waals surface area contributed by atoms with Crippen molar-refractivity contribution in [1.29, 1.82) is 0 Å². The van der Waals surface area contributed by atoms with Crippen molar-refractivity contribution in [3.63, 3.8) is 0 Å². The third-order valence-electron chi connectivity index (χ3n) is 3.69. The van der Waals surface area contributed by atoms with Gasteiger partial charge in [0, 0.05) is 32.1 Å². The molecule has 2 fully saturated rings. The van der Waals surface area contributed by atoms with Crippen molar-refractivity contribution < 1.29 is 13.2 Å². The Morgan fingerprint density at radius 2 is 1.95 bits per heavy atom. The van der Waals surface area contributed by atoms with Crippen LogP contribution in [0.5, 0.6) is 0 Å². The van der Waals surface area contributed by atoms with Crippen LogP contribution in [0.3, 0.4) is 0 Å². The number of piperazine rings is 1. The lowest BCUT2D eigenvalue weighted by molar-refractivity contribution is -0.130. The summed E-state index contributed by atoms with van der Waals surface area (Å²) in [5.41, 5.74) is 0. The smallest absolute Gasteiger partial charge is 0.246 e. The number of hydrogen-bond acceptors (Lipinski definition) is 5. The van der Waals surface area contributed by atoms with Crippen LogP contribution in [0.25, 0.3) is 0 Å². The molecule has 1 unspecified atom stereocenters. The number of halogens is 1. The molecule has 1 atom stereocenters. The van der Waals surface area contributed by atoms with Crippen molar-refractivity contribution >= 4 is 27.5 Å². The van der Waals surface area contributed by atoms with E-state index in [0.717, 1.165) is 0 Å². The first kappa shape index (κ1) is 13.7. The number of carbonyl (C=O) groups is 1. The van der Waals surface area contributed by atoms with Crippen LogP contribution in [0.2, 0.25) is 5.28 Å². The summed E-state index contributed by atoms with van der Waals surface area (Å²) in [4.78, 5) is 20.8.